The van der Waals surface area contributed by atoms with Crippen molar-refractivity contribution in [2.75, 3.05) is 7.11 Å². The van der Waals surface area contributed by atoms with E-state index in [0.717, 1.165) is 11.1 Å². The normalized spacial score (nSPS) is 12.4. The Labute approximate surface area is 148 Å². The molecule has 25 heavy (non-hydrogen) atoms. The maximum absolute atomic E-state index is 12.5. The van der Waals surface area contributed by atoms with Gasteiger partial charge in [0.2, 0.25) is 0 Å². The average Bonchev–Trinajstić information content (AvgIpc) is 2.94. The van der Waals surface area contributed by atoms with Crippen LogP contribution in [0.4, 0.5) is 0 Å². The molecule has 0 saturated heterocycles. The number of methoxy groups -OCH3 is 1. The molecule has 0 fully saturated rings. The summed E-state index contributed by atoms with van der Waals surface area (Å²) in [5.74, 6) is 0.297. The second kappa shape index (κ2) is 7.32. The zero-order valence-electron chi connectivity index (χ0n) is 13.9. The molecule has 3 aromatic rings. The van der Waals surface area contributed by atoms with E-state index in [0.29, 0.717) is 20.5 Å². The Morgan fingerprint density at radius 1 is 1.16 bits per heavy atom. The lowest BCUT2D eigenvalue weighted by atomic mass is 10.1. The van der Waals surface area contributed by atoms with E-state index in [1.807, 2.05) is 37.3 Å². The number of thiazole rings is 1. The van der Waals surface area contributed by atoms with Crippen LogP contribution in [0.15, 0.2) is 53.3 Å². The predicted octanol–water partition coefficient (Wildman–Crippen LogP) is 2.25. The van der Waals surface area contributed by atoms with Crippen molar-refractivity contribution < 1.29 is 9.53 Å². The summed E-state index contributed by atoms with van der Waals surface area (Å²) < 4.78 is 6.28. The molecule has 126 valence electrons. The number of aryl methyl sites for hydroxylation is 1. The Morgan fingerprint density at radius 3 is 2.72 bits per heavy atom. The number of hydrogen-bond acceptors (Lipinski definition) is 4. The van der Waals surface area contributed by atoms with E-state index in [1.54, 1.807) is 24.3 Å². The highest BCUT2D eigenvalue weighted by atomic mass is 32.1. The van der Waals surface area contributed by atoms with E-state index in [4.69, 9.17) is 4.74 Å². The van der Waals surface area contributed by atoms with Crippen molar-refractivity contribution in [2.45, 2.75) is 6.92 Å². The van der Waals surface area contributed by atoms with E-state index in [1.165, 1.54) is 24.5 Å². The van der Waals surface area contributed by atoms with Crippen LogP contribution >= 0.6 is 11.3 Å². The largest absolute Gasteiger partial charge is 0.496 e. The zero-order valence-corrected chi connectivity index (χ0v) is 14.7. The van der Waals surface area contributed by atoms with Crippen LogP contribution in [0.5, 0.6) is 5.75 Å². The molecule has 0 aliphatic carbocycles. The molecule has 0 radical (unpaired) electrons. The van der Waals surface area contributed by atoms with Crippen molar-refractivity contribution in [1.82, 2.24) is 4.98 Å². The Balaban J connectivity index is 2.01. The molecule has 5 heteroatoms. The highest BCUT2D eigenvalue weighted by Crippen LogP contribution is 2.18. The number of ketones is 1. The number of para-hydroxylation sites is 1. The Kier molecular flexibility index (Phi) is 4.95. The third kappa shape index (κ3) is 3.95. The lowest BCUT2D eigenvalue weighted by Gasteiger charge is -2.03. The van der Waals surface area contributed by atoms with Crippen LogP contribution in [0.2, 0.25) is 0 Å². The molecular formula is C20H17NO3S. The SMILES string of the molecule is COc1ccccc1C(=O)/C=c1\[nH]c(=O)/c(=C\c2cccc(C)c2)s1. The summed E-state index contributed by atoms with van der Waals surface area (Å²) in [5.41, 5.74) is 2.34. The number of carbonyl (C=O) groups is 1. The number of H-pyrrole nitrogens is 1. The monoisotopic (exact) mass is 351 g/mol. The van der Waals surface area contributed by atoms with Crippen molar-refractivity contribution in [3.05, 3.63) is 84.8 Å². The third-order valence-corrected chi connectivity index (χ3v) is 4.62. The molecule has 0 unspecified atom stereocenters. The van der Waals surface area contributed by atoms with E-state index >= 15 is 0 Å². The zero-order chi connectivity index (χ0) is 17.8. The maximum atomic E-state index is 12.5. The second-order valence-electron chi connectivity index (χ2n) is 5.55. The maximum Gasteiger partial charge on any atom is 0.266 e. The minimum absolute atomic E-state index is 0.203. The summed E-state index contributed by atoms with van der Waals surface area (Å²) in [6.07, 6.45) is 3.25. The van der Waals surface area contributed by atoms with Gasteiger partial charge in [-0.05, 0) is 30.7 Å². The summed E-state index contributed by atoms with van der Waals surface area (Å²) in [4.78, 5) is 27.3. The molecule has 0 atom stereocenters. The second-order valence-corrected chi connectivity index (χ2v) is 6.64. The average molecular weight is 351 g/mol. The van der Waals surface area contributed by atoms with E-state index in [2.05, 4.69) is 4.98 Å². The Hall–Kier alpha value is -2.92. The molecule has 0 spiro atoms. The fourth-order valence-electron chi connectivity index (χ4n) is 2.48. The predicted molar refractivity (Wildman–Crippen MR) is 101 cm³/mol. The van der Waals surface area contributed by atoms with Crippen LogP contribution < -0.4 is 19.5 Å². The molecule has 0 saturated carbocycles. The van der Waals surface area contributed by atoms with Crippen LogP contribution in [0.1, 0.15) is 21.5 Å². The Morgan fingerprint density at radius 2 is 1.96 bits per heavy atom. The fourth-order valence-corrected chi connectivity index (χ4v) is 3.37. The number of carbonyl (C=O) groups excluding carboxylic acids is 1. The number of ether oxygens (including phenoxy) is 1. The molecule has 1 N–H and O–H groups in total. The van der Waals surface area contributed by atoms with Gasteiger partial charge in [-0.15, -0.1) is 11.3 Å². The first kappa shape index (κ1) is 16.9. The summed E-state index contributed by atoms with van der Waals surface area (Å²) in [5, 5.41) is 0. The van der Waals surface area contributed by atoms with Gasteiger partial charge in [-0.1, -0.05) is 42.0 Å². The highest BCUT2D eigenvalue weighted by Gasteiger charge is 2.09. The van der Waals surface area contributed by atoms with Gasteiger partial charge in [-0.2, -0.15) is 0 Å². The molecule has 1 heterocycles. The Bertz CT molecular complexity index is 1090. The quantitative estimate of drug-likeness (QED) is 0.734. The number of benzene rings is 2. The van der Waals surface area contributed by atoms with Crippen molar-refractivity contribution in [2.24, 2.45) is 0 Å². The third-order valence-electron chi connectivity index (χ3n) is 3.65. The van der Waals surface area contributed by atoms with Gasteiger partial charge in [-0.25, -0.2) is 0 Å². The number of hydrogen-bond donors (Lipinski definition) is 1. The van der Waals surface area contributed by atoms with E-state index in [-0.39, 0.29) is 11.3 Å². The summed E-state index contributed by atoms with van der Waals surface area (Å²) in [6.45, 7) is 2.00. The van der Waals surface area contributed by atoms with Gasteiger partial charge in [0, 0.05) is 6.08 Å². The molecule has 0 amide bonds. The standard InChI is InChI=1S/C20H17NO3S/c1-13-6-5-7-14(10-13)11-18-20(23)21-19(25-18)12-16(22)15-8-3-4-9-17(15)24-2/h3-12H,1-2H3,(H,21,23)/b18-11+,19-12+. The number of nitrogens with one attached hydrogen (secondary N) is 1. The molecular weight excluding hydrogens is 334 g/mol. The molecule has 2 aromatic carbocycles. The van der Waals surface area contributed by atoms with Gasteiger partial charge in [0.15, 0.2) is 5.78 Å². The first-order valence-electron chi connectivity index (χ1n) is 7.73. The number of aromatic nitrogens is 1. The van der Waals surface area contributed by atoms with Crippen LogP contribution in [0.3, 0.4) is 0 Å². The van der Waals surface area contributed by atoms with Gasteiger partial charge in [-0.3, -0.25) is 9.59 Å². The molecule has 0 bridgehead atoms. The van der Waals surface area contributed by atoms with Gasteiger partial charge >= 0.3 is 0 Å². The van der Waals surface area contributed by atoms with Gasteiger partial charge in [0.1, 0.15) is 5.75 Å². The molecule has 0 aliphatic heterocycles. The van der Waals surface area contributed by atoms with Crippen LogP contribution in [0.25, 0.3) is 12.2 Å². The van der Waals surface area contributed by atoms with Crippen LogP contribution in [-0.4, -0.2) is 17.9 Å². The van der Waals surface area contributed by atoms with Gasteiger partial charge < -0.3 is 9.72 Å². The molecule has 3 rings (SSSR count). The highest BCUT2D eigenvalue weighted by molar-refractivity contribution is 7.07. The van der Waals surface area contributed by atoms with Gasteiger partial charge in [0.05, 0.1) is 21.9 Å². The fraction of sp³-hybridized carbons (Fsp3) is 0.100. The first-order chi connectivity index (χ1) is 12.1. The smallest absolute Gasteiger partial charge is 0.266 e. The minimum Gasteiger partial charge on any atom is -0.496 e. The summed E-state index contributed by atoms with van der Waals surface area (Å²) in [6, 6.07) is 14.9. The van der Waals surface area contributed by atoms with Crippen molar-refractivity contribution in [3.8, 4) is 5.75 Å². The summed E-state index contributed by atoms with van der Waals surface area (Å²) >= 11 is 1.26. The molecule has 1 aromatic heterocycles. The minimum atomic E-state index is -0.211. The van der Waals surface area contributed by atoms with E-state index in [9.17, 15) is 9.59 Å². The number of rotatable bonds is 4. The number of aromatic amines is 1. The van der Waals surface area contributed by atoms with Crippen LogP contribution in [-0.2, 0) is 0 Å². The van der Waals surface area contributed by atoms with E-state index < -0.39 is 0 Å². The van der Waals surface area contributed by atoms with Crippen molar-refractivity contribution in [1.29, 1.82) is 0 Å². The molecule has 0 aliphatic rings. The topological polar surface area (TPSA) is 59.2 Å². The van der Waals surface area contributed by atoms with Crippen molar-refractivity contribution >= 4 is 29.3 Å². The summed E-state index contributed by atoms with van der Waals surface area (Å²) in [7, 11) is 1.52. The number of Topliss-reactive ketones (excluding diaryl/α,β-unsaturated/α-hetero) is 1. The lowest BCUT2D eigenvalue weighted by Crippen LogP contribution is -2.20. The first-order valence-corrected chi connectivity index (χ1v) is 8.55. The van der Waals surface area contributed by atoms with Gasteiger partial charge in [0.25, 0.3) is 5.56 Å². The van der Waals surface area contributed by atoms with Crippen LogP contribution in [0, 0.1) is 6.92 Å². The lowest BCUT2D eigenvalue weighted by molar-refractivity contribution is 0.105. The van der Waals surface area contributed by atoms with Crippen molar-refractivity contribution in [3.63, 3.8) is 0 Å². The molecule has 4 nitrogen and oxygen atoms in total.